The SMILES string of the molecule is CCOC(=O)C1=C(C)N=c2s/c(=C\c3ccc(-c4ccc(OC)cc4[N+](=O)[O-])o3)c(=O)n2[C@@H]1c1ccc(OCC)c(OCC)c1. The zero-order chi connectivity index (χ0) is 32.2. The second-order valence-corrected chi connectivity index (χ2v) is 10.7. The minimum Gasteiger partial charge on any atom is -0.497 e. The molecule has 45 heavy (non-hydrogen) atoms. The first-order chi connectivity index (χ1) is 21.7. The molecule has 4 aromatic rings. The van der Waals surface area contributed by atoms with Crippen molar-refractivity contribution in [2.75, 3.05) is 26.9 Å². The van der Waals surface area contributed by atoms with E-state index in [2.05, 4.69) is 4.99 Å². The standard InChI is InChI=1S/C32H31N3O9S/c1-6-41-25-13-9-19(15-26(25)42-7-2)29-28(31(37)43-8-3)18(4)33-32-34(29)30(36)27(45-32)17-21-11-14-24(44-21)22-12-10-20(40-5)16-23(22)35(38)39/h9-17,29H,6-8H2,1-5H3/b27-17-/t29-/m1/s1. The smallest absolute Gasteiger partial charge is 0.338 e. The van der Waals surface area contributed by atoms with Gasteiger partial charge in [0.05, 0.1) is 65.3 Å². The lowest BCUT2D eigenvalue weighted by atomic mass is 9.95. The van der Waals surface area contributed by atoms with E-state index < -0.39 is 22.5 Å². The van der Waals surface area contributed by atoms with Gasteiger partial charge in [-0.3, -0.25) is 19.5 Å². The number of methoxy groups -OCH3 is 1. The van der Waals surface area contributed by atoms with Crippen LogP contribution in [0.3, 0.4) is 0 Å². The van der Waals surface area contributed by atoms with E-state index in [1.165, 1.54) is 17.7 Å². The summed E-state index contributed by atoms with van der Waals surface area (Å²) < 4.78 is 29.7. The van der Waals surface area contributed by atoms with E-state index in [4.69, 9.17) is 23.4 Å². The van der Waals surface area contributed by atoms with E-state index in [1.54, 1.807) is 62.4 Å². The number of nitro benzene ring substituents is 1. The Labute approximate surface area is 261 Å². The van der Waals surface area contributed by atoms with Crippen molar-refractivity contribution in [3.05, 3.63) is 101 Å². The number of carbonyl (C=O) groups is 1. The maximum Gasteiger partial charge on any atom is 0.338 e. The molecule has 0 saturated heterocycles. The number of hydrogen-bond donors (Lipinski definition) is 0. The lowest BCUT2D eigenvalue weighted by Gasteiger charge is -2.25. The summed E-state index contributed by atoms with van der Waals surface area (Å²) in [6.45, 7) is 8.10. The van der Waals surface area contributed by atoms with Gasteiger partial charge in [-0.1, -0.05) is 17.4 Å². The number of allylic oxidation sites excluding steroid dienone is 1. The van der Waals surface area contributed by atoms with E-state index in [9.17, 15) is 19.7 Å². The first-order valence-corrected chi connectivity index (χ1v) is 15.0. The molecular weight excluding hydrogens is 602 g/mol. The summed E-state index contributed by atoms with van der Waals surface area (Å²) in [7, 11) is 1.43. The molecule has 0 saturated carbocycles. The number of ether oxygens (including phenoxy) is 4. The lowest BCUT2D eigenvalue weighted by molar-refractivity contribution is -0.384. The predicted octanol–water partition coefficient (Wildman–Crippen LogP) is 4.77. The Morgan fingerprint density at radius 3 is 2.51 bits per heavy atom. The molecule has 2 aromatic carbocycles. The topological polar surface area (TPSA) is 145 Å². The molecule has 0 unspecified atom stereocenters. The summed E-state index contributed by atoms with van der Waals surface area (Å²) in [6, 6.07) is 12.1. The molecule has 234 valence electrons. The second kappa shape index (κ2) is 13.2. The predicted molar refractivity (Wildman–Crippen MR) is 167 cm³/mol. The van der Waals surface area contributed by atoms with E-state index in [1.807, 2.05) is 13.8 Å². The van der Waals surface area contributed by atoms with Gasteiger partial charge in [-0.15, -0.1) is 0 Å². The van der Waals surface area contributed by atoms with Gasteiger partial charge in [0.25, 0.3) is 11.2 Å². The van der Waals surface area contributed by atoms with Gasteiger partial charge in [0.15, 0.2) is 16.3 Å². The van der Waals surface area contributed by atoms with Crippen molar-refractivity contribution < 1.29 is 33.1 Å². The van der Waals surface area contributed by atoms with E-state index in [0.717, 1.165) is 11.3 Å². The monoisotopic (exact) mass is 633 g/mol. The van der Waals surface area contributed by atoms with Crippen LogP contribution >= 0.6 is 11.3 Å². The number of fused-ring (bicyclic) bond motifs is 1. The van der Waals surface area contributed by atoms with Crippen molar-refractivity contribution in [1.29, 1.82) is 0 Å². The van der Waals surface area contributed by atoms with Gasteiger partial charge in [-0.05, 0) is 69.7 Å². The van der Waals surface area contributed by atoms with E-state index >= 15 is 0 Å². The molecule has 0 bridgehead atoms. The Kier molecular flexibility index (Phi) is 9.18. The van der Waals surface area contributed by atoms with Crippen molar-refractivity contribution >= 4 is 29.1 Å². The number of carbonyl (C=O) groups excluding carboxylic acids is 1. The van der Waals surface area contributed by atoms with Gasteiger partial charge in [0, 0.05) is 6.08 Å². The van der Waals surface area contributed by atoms with Crippen LogP contribution in [0.15, 0.2) is 74.0 Å². The van der Waals surface area contributed by atoms with Gasteiger partial charge in [0.1, 0.15) is 17.3 Å². The average Bonchev–Trinajstić information content (AvgIpc) is 3.61. The fourth-order valence-electron chi connectivity index (χ4n) is 5.05. The molecular formula is C32H31N3O9S. The van der Waals surface area contributed by atoms with Crippen molar-refractivity contribution in [1.82, 2.24) is 4.57 Å². The fourth-order valence-corrected chi connectivity index (χ4v) is 6.07. The molecule has 0 spiro atoms. The number of rotatable bonds is 11. The largest absolute Gasteiger partial charge is 0.497 e. The molecule has 0 fully saturated rings. The van der Waals surface area contributed by atoms with Crippen LogP contribution in [-0.2, 0) is 9.53 Å². The number of furan rings is 1. The summed E-state index contributed by atoms with van der Waals surface area (Å²) >= 11 is 1.13. The van der Waals surface area contributed by atoms with Gasteiger partial charge in [-0.2, -0.15) is 0 Å². The third-order valence-corrected chi connectivity index (χ3v) is 7.95. The highest BCUT2D eigenvalue weighted by atomic mass is 32.1. The number of esters is 1. The summed E-state index contributed by atoms with van der Waals surface area (Å²) in [4.78, 5) is 43.5. The summed E-state index contributed by atoms with van der Waals surface area (Å²) in [6.07, 6.45) is 1.55. The van der Waals surface area contributed by atoms with Crippen LogP contribution in [-0.4, -0.2) is 42.4 Å². The molecule has 1 atom stereocenters. The Bertz CT molecular complexity index is 1990. The molecule has 13 heteroatoms. The van der Waals surface area contributed by atoms with Gasteiger partial charge in [-0.25, -0.2) is 9.79 Å². The third-order valence-electron chi connectivity index (χ3n) is 6.97. The average molecular weight is 634 g/mol. The maximum absolute atomic E-state index is 14.0. The highest BCUT2D eigenvalue weighted by Gasteiger charge is 2.34. The number of thiazole rings is 1. The molecule has 1 aliphatic rings. The number of hydrogen-bond acceptors (Lipinski definition) is 11. The summed E-state index contributed by atoms with van der Waals surface area (Å²) in [5, 5.41) is 11.7. The van der Waals surface area contributed by atoms with E-state index in [0.29, 0.717) is 52.3 Å². The fraction of sp³-hybridized carbons (Fsp3) is 0.281. The molecule has 2 aromatic heterocycles. The molecule has 5 rings (SSSR count). The van der Waals surface area contributed by atoms with Crippen LogP contribution in [0, 0.1) is 10.1 Å². The molecule has 0 N–H and O–H groups in total. The van der Waals surface area contributed by atoms with Crippen molar-refractivity contribution in [3.63, 3.8) is 0 Å². The minimum absolute atomic E-state index is 0.146. The molecule has 12 nitrogen and oxygen atoms in total. The number of nitro groups is 1. The third kappa shape index (κ3) is 6.11. The molecule has 1 aliphatic heterocycles. The molecule has 0 radical (unpaired) electrons. The first-order valence-electron chi connectivity index (χ1n) is 14.2. The zero-order valence-electron chi connectivity index (χ0n) is 25.3. The van der Waals surface area contributed by atoms with Crippen LogP contribution in [0.2, 0.25) is 0 Å². The lowest BCUT2D eigenvalue weighted by Crippen LogP contribution is -2.40. The van der Waals surface area contributed by atoms with Gasteiger partial charge in [0.2, 0.25) is 0 Å². The molecule has 3 heterocycles. The molecule has 0 amide bonds. The number of benzene rings is 2. The molecule has 0 aliphatic carbocycles. The number of nitrogens with zero attached hydrogens (tertiary/aromatic N) is 3. The van der Waals surface area contributed by atoms with Gasteiger partial charge >= 0.3 is 5.97 Å². The van der Waals surface area contributed by atoms with E-state index in [-0.39, 0.29) is 33.7 Å². The van der Waals surface area contributed by atoms with Gasteiger partial charge < -0.3 is 23.4 Å². The maximum atomic E-state index is 14.0. The van der Waals surface area contributed by atoms with Crippen LogP contribution in [0.4, 0.5) is 5.69 Å². The minimum atomic E-state index is -0.855. The summed E-state index contributed by atoms with van der Waals surface area (Å²) in [5.74, 6) is 1.33. The Hall–Kier alpha value is -5.17. The highest BCUT2D eigenvalue weighted by Crippen LogP contribution is 2.37. The van der Waals surface area contributed by atoms with Crippen LogP contribution in [0.1, 0.15) is 45.1 Å². The normalized spacial score (nSPS) is 14.5. The summed E-state index contributed by atoms with van der Waals surface area (Å²) in [5.41, 5.74) is 0.938. The van der Waals surface area contributed by atoms with Crippen molar-refractivity contribution in [3.8, 4) is 28.6 Å². The van der Waals surface area contributed by atoms with Crippen LogP contribution in [0.5, 0.6) is 17.2 Å². The Morgan fingerprint density at radius 2 is 1.82 bits per heavy atom. The van der Waals surface area contributed by atoms with Crippen LogP contribution < -0.4 is 29.1 Å². The number of aromatic nitrogens is 1. The Balaban J connectivity index is 1.64. The van der Waals surface area contributed by atoms with Crippen molar-refractivity contribution in [2.45, 2.75) is 33.7 Å². The second-order valence-electron chi connectivity index (χ2n) is 9.72. The van der Waals surface area contributed by atoms with Crippen molar-refractivity contribution in [2.24, 2.45) is 4.99 Å². The highest BCUT2D eigenvalue weighted by molar-refractivity contribution is 7.07. The zero-order valence-corrected chi connectivity index (χ0v) is 26.1. The first kappa shape index (κ1) is 31.3. The quantitative estimate of drug-likeness (QED) is 0.130. The Morgan fingerprint density at radius 1 is 1.07 bits per heavy atom. The van der Waals surface area contributed by atoms with Crippen LogP contribution in [0.25, 0.3) is 17.4 Å².